The lowest BCUT2D eigenvalue weighted by atomic mass is 10.1. The van der Waals surface area contributed by atoms with Gasteiger partial charge in [-0.25, -0.2) is 0 Å². The summed E-state index contributed by atoms with van der Waals surface area (Å²) in [5.41, 5.74) is 0. The van der Waals surface area contributed by atoms with Gasteiger partial charge in [0.1, 0.15) is 0 Å². The van der Waals surface area contributed by atoms with Gasteiger partial charge >= 0.3 is 0 Å². The minimum Gasteiger partial charge on any atom is -0.377 e. The summed E-state index contributed by atoms with van der Waals surface area (Å²) in [6.45, 7) is 7.90. The Balaban J connectivity index is 1.68. The monoisotopic (exact) mass is 258 g/mol. The van der Waals surface area contributed by atoms with E-state index in [0.717, 1.165) is 19.6 Å². The van der Waals surface area contributed by atoms with Crippen molar-refractivity contribution in [3.63, 3.8) is 0 Å². The maximum atomic E-state index is 5.88. The highest BCUT2D eigenvalue weighted by molar-refractivity contribution is 7.99. The van der Waals surface area contributed by atoms with Gasteiger partial charge in [-0.1, -0.05) is 6.92 Å². The molecule has 100 valence electrons. The van der Waals surface area contributed by atoms with Gasteiger partial charge in [0.05, 0.1) is 6.10 Å². The number of hydrogen-bond acceptors (Lipinski definition) is 4. The molecule has 0 aromatic heterocycles. The molecular weight excluding hydrogens is 232 g/mol. The summed E-state index contributed by atoms with van der Waals surface area (Å²) in [7, 11) is 0. The van der Waals surface area contributed by atoms with Crippen LogP contribution in [-0.2, 0) is 4.74 Å². The van der Waals surface area contributed by atoms with Gasteiger partial charge in [0.2, 0.25) is 0 Å². The Labute approximate surface area is 110 Å². The van der Waals surface area contributed by atoms with Crippen molar-refractivity contribution in [2.24, 2.45) is 0 Å². The molecule has 2 unspecified atom stereocenters. The fourth-order valence-corrected chi connectivity index (χ4v) is 3.58. The van der Waals surface area contributed by atoms with E-state index in [1.807, 2.05) is 0 Å². The molecule has 1 N–H and O–H groups in total. The first-order valence-corrected chi connectivity index (χ1v) is 8.19. The van der Waals surface area contributed by atoms with Crippen LogP contribution in [0.25, 0.3) is 0 Å². The molecule has 2 aliphatic heterocycles. The van der Waals surface area contributed by atoms with Crippen molar-refractivity contribution < 1.29 is 4.74 Å². The molecule has 0 aliphatic carbocycles. The minimum atomic E-state index is 0.486. The van der Waals surface area contributed by atoms with Crippen LogP contribution in [-0.4, -0.2) is 61.3 Å². The van der Waals surface area contributed by atoms with Crippen LogP contribution in [0.15, 0.2) is 0 Å². The number of nitrogens with one attached hydrogen (secondary N) is 1. The number of nitrogens with zero attached hydrogens (tertiary/aromatic N) is 1. The summed E-state index contributed by atoms with van der Waals surface area (Å²) < 4.78 is 5.88. The van der Waals surface area contributed by atoms with Crippen molar-refractivity contribution in [2.75, 3.05) is 44.3 Å². The van der Waals surface area contributed by atoms with E-state index in [9.17, 15) is 0 Å². The van der Waals surface area contributed by atoms with E-state index in [1.165, 1.54) is 44.0 Å². The lowest BCUT2D eigenvalue weighted by Crippen LogP contribution is -2.49. The fraction of sp³-hybridized carbons (Fsp3) is 1.00. The number of hydrogen-bond donors (Lipinski definition) is 1. The van der Waals surface area contributed by atoms with E-state index in [4.69, 9.17) is 4.74 Å². The Morgan fingerprint density at radius 1 is 1.47 bits per heavy atom. The number of likely N-dealkylation sites (tertiary alicyclic amines) is 1. The molecule has 2 saturated heterocycles. The first-order chi connectivity index (χ1) is 8.38. The molecule has 0 saturated carbocycles. The Kier molecular flexibility index (Phi) is 6.12. The topological polar surface area (TPSA) is 24.5 Å². The molecule has 4 heteroatoms. The molecule has 2 atom stereocenters. The third-order valence-electron chi connectivity index (χ3n) is 3.50. The number of piperidine rings is 1. The number of thioether (sulfide) groups is 1. The lowest BCUT2D eigenvalue weighted by Gasteiger charge is -2.36. The van der Waals surface area contributed by atoms with Crippen LogP contribution >= 0.6 is 11.8 Å². The molecule has 17 heavy (non-hydrogen) atoms. The van der Waals surface area contributed by atoms with Gasteiger partial charge in [0.25, 0.3) is 0 Å². The van der Waals surface area contributed by atoms with Gasteiger partial charge < -0.3 is 10.1 Å². The summed E-state index contributed by atoms with van der Waals surface area (Å²) in [4.78, 5) is 2.59. The maximum absolute atomic E-state index is 5.88. The van der Waals surface area contributed by atoms with E-state index >= 15 is 0 Å². The second kappa shape index (κ2) is 7.62. The average molecular weight is 258 g/mol. The molecule has 2 fully saturated rings. The van der Waals surface area contributed by atoms with E-state index in [-0.39, 0.29) is 0 Å². The van der Waals surface area contributed by atoms with Crippen LogP contribution in [0, 0.1) is 0 Å². The predicted molar refractivity (Wildman–Crippen MR) is 74.8 cm³/mol. The third-order valence-corrected chi connectivity index (χ3v) is 4.63. The van der Waals surface area contributed by atoms with E-state index in [2.05, 4.69) is 28.9 Å². The van der Waals surface area contributed by atoms with Crippen molar-refractivity contribution in [2.45, 2.75) is 38.3 Å². The minimum absolute atomic E-state index is 0.486. The standard InChI is InChI=1S/C13H26N2OS/c1-2-7-16-13-4-3-6-15(10-13)9-12-11-17-8-5-14-12/h12-14H,2-11H2,1H3. The van der Waals surface area contributed by atoms with Gasteiger partial charge in [0.15, 0.2) is 0 Å². The van der Waals surface area contributed by atoms with Gasteiger partial charge in [-0.3, -0.25) is 4.90 Å². The zero-order valence-corrected chi connectivity index (χ0v) is 11.8. The normalized spacial score (nSPS) is 31.6. The predicted octanol–water partition coefficient (Wildman–Crippen LogP) is 1.58. The zero-order chi connectivity index (χ0) is 11.9. The fourth-order valence-electron chi connectivity index (χ4n) is 2.65. The third kappa shape index (κ3) is 4.78. The highest BCUT2D eigenvalue weighted by Crippen LogP contribution is 2.15. The number of ether oxygens (including phenoxy) is 1. The van der Waals surface area contributed by atoms with Gasteiger partial charge in [-0.05, 0) is 25.8 Å². The molecule has 2 heterocycles. The van der Waals surface area contributed by atoms with Gasteiger partial charge in [-0.15, -0.1) is 0 Å². The van der Waals surface area contributed by atoms with Crippen molar-refractivity contribution >= 4 is 11.8 Å². The molecule has 0 aromatic rings. The first kappa shape index (κ1) is 13.7. The molecule has 0 aromatic carbocycles. The highest BCUT2D eigenvalue weighted by Gasteiger charge is 2.23. The Hall–Kier alpha value is 0.230. The second-order valence-corrected chi connectivity index (χ2v) is 6.27. The second-order valence-electron chi connectivity index (χ2n) is 5.12. The summed E-state index contributed by atoms with van der Waals surface area (Å²) in [5.74, 6) is 2.55. The molecule has 0 spiro atoms. The number of rotatable bonds is 5. The van der Waals surface area contributed by atoms with Crippen molar-refractivity contribution in [1.29, 1.82) is 0 Å². The Morgan fingerprint density at radius 2 is 2.41 bits per heavy atom. The average Bonchev–Trinajstić information content (AvgIpc) is 2.38. The first-order valence-electron chi connectivity index (χ1n) is 7.03. The van der Waals surface area contributed by atoms with Crippen LogP contribution < -0.4 is 5.32 Å². The Bertz CT molecular complexity index is 210. The molecular formula is C13H26N2OS. The van der Waals surface area contributed by atoms with Crippen LogP contribution in [0.4, 0.5) is 0 Å². The van der Waals surface area contributed by atoms with Crippen molar-refractivity contribution in [3.05, 3.63) is 0 Å². The van der Waals surface area contributed by atoms with Gasteiger partial charge in [0, 0.05) is 43.8 Å². The van der Waals surface area contributed by atoms with E-state index < -0.39 is 0 Å². The highest BCUT2D eigenvalue weighted by atomic mass is 32.2. The molecule has 3 nitrogen and oxygen atoms in total. The smallest absolute Gasteiger partial charge is 0.0702 e. The van der Waals surface area contributed by atoms with Crippen LogP contribution in [0.5, 0.6) is 0 Å². The lowest BCUT2D eigenvalue weighted by molar-refractivity contribution is -0.00167. The summed E-state index contributed by atoms with van der Waals surface area (Å²) in [6, 6.07) is 0.693. The van der Waals surface area contributed by atoms with Crippen LogP contribution in [0.1, 0.15) is 26.2 Å². The molecule has 0 bridgehead atoms. The quantitative estimate of drug-likeness (QED) is 0.809. The van der Waals surface area contributed by atoms with Crippen molar-refractivity contribution in [1.82, 2.24) is 10.2 Å². The molecule has 2 rings (SSSR count). The molecule has 2 aliphatic rings. The Morgan fingerprint density at radius 3 is 3.18 bits per heavy atom. The van der Waals surface area contributed by atoms with Gasteiger partial charge in [-0.2, -0.15) is 11.8 Å². The zero-order valence-electron chi connectivity index (χ0n) is 11.0. The maximum Gasteiger partial charge on any atom is 0.0702 e. The van der Waals surface area contributed by atoms with E-state index in [1.54, 1.807) is 0 Å². The summed E-state index contributed by atoms with van der Waals surface area (Å²) >= 11 is 2.09. The van der Waals surface area contributed by atoms with Crippen molar-refractivity contribution in [3.8, 4) is 0 Å². The van der Waals surface area contributed by atoms with Crippen LogP contribution in [0.3, 0.4) is 0 Å². The van der Waals surface area contributed by atoms with E-state index in [0.29, 0.717) is 12.1 Å². The molecule has 0 radical (unpaired) electrons. The SMILES string of the molecule is CCCOC1CCCN(CC2CSCCN2)C1. The largest absolute Gasteiger partial charge is 0.377 e. The summed E-state index contributed by atoms with van der Waals surface area (Å²) in [6.07, 6.45) is 4.18. The summed E-state index contributed by atoms with van der Waals surface area (Å²) in [5, 5.41) is 3.62. The van der Waals surface area contributed by atoms with Crippen LogP contribution in [0.2, 0.25) is 0 Å². The molecule has 0 amide bonds.